The van der Waals surface area contributed by atoms with Gasteiger partial charge >= 0.3 is 6.18 Å². The Bertz CT molecular complexity index is 666. The number of carbonyl (C=O) groups excluding carboxylic acids is 1. The van der Waals surface area contributed by atoms with E-state index in [1.54, 1.807) is 12.1 Å². The number of alkyl halides is 3. The molecule has 0 saturated carbocycles. The second-order valence-electron chi connectivity index (χ2n) is 4.58. The first kappa shape index (κ1) is 15.3. The molecule has 0 aromatic heterocycles. The molecule has 0 radical (unpaired) electrons. The summed E-state index contributed by atoms with van der Waals surface area (Å²) in [7, 11) is 0. The molecule has 2 aromatic rings. The summed E-state index contributed by atoms with van der Waals surface area (Å²) in [5, 5.41) is 0.523. The number of hydrogen-bond acceptors (Lipinski definition) is 1. The molecule has 112 valence electrons. The van der Waals surface area contributed by atoms with E-state index in [0.717, 1.165) is 6.07 Å². The summed E-state index contributed by atoms with van der Waals surface area (Å²) in [4.78, 5) is 13.0. The zero-order valence-electron chi connectivity index (χ0n) is 11.2. The monoisotopic (exact) mass is 299 g/mol. The van der Waals surface area contributed by atoms with Crippen LogP contribution in [0.25, 0.3) is 10.8 Å². The maximum absolute atomic E-state index is 13.7. The van der Waals surface area contributed by atoms with Crippen molar-refractivity contribution in [3.05, 3.63) is 47.8 Å². The lowest BCUT2D eigenvalue weighted by molar-refractivity contribution is -0.140. The SMILES string of the molecule is CCN(CC(F)(F)F)C(=O)c1ccc(F)c2ccccc12. The topological polar surface area (TPSA) is 20.3 Å². The standard InChI is InChI=1S/C15H13F4NO/c1-2-20(9-15(17,18)19)14(21)12-7-8-13(16)11-6-4-3-5-10(11)12/h3-8H,2,9H2,1H3. The average Bonchev–Trinajstić information content (AvgIpc) is 2.44. The number of hydrogen-bond donors (Lipinski definition) is 0. The number of fused-ring (bicyclic) bond motifs is 1. The molecule has 2 aromatic carbocycles. The predicted octanol–water partition coefficient (Wildman–Crippen LogP) is 4.00. The van der Waals surface area contributed by atoms with Crippen LogP contribution in [0, 0.1) is 5.82 Å². The van der Waals surface area contributed by atoms with E-state index in [0.29, 0.717) is 10.3 Å². The van der Waals surface area contributed by atoms with E-state index in [1.165, 1.54) is 25.1 Å². The Balaban J connectivity index is 2.46. The summed E-state index contributed by atoms with van der Waals surface area (Å²) < 4.78 is 51.2. The second kappa shape index (κ2) is 5.71. The quantitative estimate of drug-likeness (QED) is 0.784. The summed E-state index contributed by atoms with van der Waals surface area (Å²) in [6.45, 7) is 0.0629. The van der Waals surface area contributed by atoms with Gasteiger partial charge in [0.2, 0.25) is 0 Å². The van der Waals surface area contributed by atoms with Crippen molar-refractivity contribution in [2.24, 2.45) is 0 Å². The minimum absolute atomic E-state index is 0.0677. The molecule has 0 unspecified atom stereocenters. The Labute approximate surface area is 119 Å². The zero-order chi connectivity index (χ0) is 15.6. The van der Waals surface area contributed by atoms with E-state index in [2.05, 4.69) is 0 Å². The van der Waals surface area contributed by atoms with Gasteiger partial charge in [-0.2, -0.15) is 13.2 Å². The maximum Gasteiger partial charge on any atom is 0.406 e. The number of carbonyl (C=O) groups is 1. The van der Waals surface area contributed by atoms with Crippen molar-refractivity contribution >= 4 is 16.7 Å². The van der Waals surface area contributed by atoms with Crippen LogP contribution in [-0.4, -0.2) is 30.1 Å². The van der Waals surface area contributed by atoms with Gasteiger partial charge < -0.3 is 4.90 Å². The van der Waals surface area contributed by atoms with Gasteiger partial charge in [0.25, 0.3) is 5.91 Å². The Morgan fingerprint density at radius 3 is 2.29 bits per heavy atom. The Morgan fingerprint density at radius 1 is 1.10 bits per heavy atom. The summed E-state index contributed by atoms with van der Waals surface area (Å²) in [6.07, 6.45) is -4.47. The van der Waals surface area contributed by atoms with Crippen LogP contribution in [0.3, 0.4) is 0 Å². The number of halogens is 4. The minimum Gasteiger partial charge on any atom is -0.330 e. The molecular weight excluding hydrogens is 286 g/mol. The summed E-state index contributed by atoms with van der Waals surface area (Å²) >= 11 is 0. The molecule has 0 bridgehead atoms. The molecule has 2 nitrogen and oxygen atoms in total. The van der Waals surface area contributed by atoms with Crippen LogP contribution in [-0.2, 0) is 0 Å². The highest BCUT2D eigenvalue weighted by Gasteiger charge is 2.33. The Kier molecular flexibility index (Phi) is 4.16. The molecule has 0 fully saturated rings. The zero-order valence-corrected chi connectivity index (χ0v) is 11.2. The van der Waals surface area contributed by atoms with Gasteiger partial charge in [0.05, 0.1) is 0 Å². The summed E-state index contributed by atoms with van der Waals surface area (Å²) in [5.74, 6) is -1.27. The summed E-state index contributed by atoms with van der Waals surface area (Å²) in [5.41, 5.74) is 0.0677. The fourth-order valence-electron chi connectivity index (χ4n) is 2.16. The minimum atomic E-state index is -4.47. The van der Waals surface area contributed by atoms with E-state index in [4.69, 9.17) is 0 Å². The van der Waals surface area contributed by atoms with Crippen LogP contribution in [0.15, 0.2) is 36.4 Å². The van der Waals surface area contributed by atoms with Crippen molar-refractivity contribution < 1.29 is 22.4 Å². The lowest BCUT2D eigenvalue weighted by Gasteiger charge is -2.23. The second-order valence-corrected chi connectivity index (χ2v) is 4.58. The van der Waals surface area contributed by atoms with Crippen LogP contribution in [0.4, 0.5) is 17.6 Å². The van der Waals surface area contributed by atoms with Gasteiger partial charge in [0.1, 0.15) is 12.4 Å². The highest BCUT2D eigenvalue weighted by Crippen LogP contribution is 2.24. The highest BCUT2D eigenvalue weighted by atomic mass is 19.4. The van der Waals surface area contributed by atoms with Gasteiger partial charge in [0, 0.05) is 17.5 Å². The van der Waals surface area contributed by atoms with Gasteiger partial charge in [-0.1, -0.05) is 24.3 Å². The van der Waals surface area contributed by atoms with Crippen molar-refractivity contribution in [1.29, 1.82) is 0 Å². The number of rotatable bonds is 3. The average molecular weight is 299 g/mol. The molecule has 0 aliphatic rings. The molecule has 6 heteroatoms. The van der Waals surface area contributed by atoms with E-state index < -0.39 is 24.4 Å². The smallest absolute Gasteiger partial charge is 0.330 e. The molecule has 0 aliphatic carbocycles. The van der Waals surface area contributed by atoms with Gasteiger partial charge in [-0.3, -0.25) is 4.79 Å². The van der Waals surface area contributed by atoms with Crippen molar-refractivity contribution in [2.75, 3.05) is 13.1 Å². The van der Waals surface area contributed by atoms with Gasteiger partial charge in [-0.05, 0) is 24.4 Å². The third-order valence-corrected chi connectivity index (χ3v) is 3.14. The largest absolute Gasteiger partial charge is 0.406 e. The first-order valence-electron chi connectivity index (χ1n) is 6.36. The van der Waals surface area contributed by atoms with Crippen LogP contribution >= 0.6 is 0 Å². The van der Waals surface area contributed by atoms with Crippen LogP contribution in [0.2, 0.25) is 0 Å². The number of nitrogens with zero attached hydrogens (tertiary/aromatic N) is 1. The molecule has 21 heavy (non-hydrogen) atoms. The van der Waals surface area contributed by atoms with Gasteiger partial charge in [-0.15, -0.1) is 0 Å². The molecule has 0 atom stereocenters. The molecule has 0 N–H and O–H groups in total. The first-order chi connectivity index (χ1) is 9.83. The van der Waals surface area contributed by atoms with Crippen LogP contribution in [0.5, 0.6) is 0 Å². The maximum atomic E-state index is 13.7. The van der Waals surface area contributed by atoms with Crippen molar-refractivity contribution in [1.82, 2.24) is 4.90 Å². The highest BCUT2D eigenvalue weighted by molar-refractivity contribution is 6.07. The summed E-state index contributed by atoms with van der Waals surface area (Å²) in [6, 6.07) is 8.54. The molecule has 0 saturated heterocycles. The number of amides is 1. The molecule has 0 spiro atoms. The van der Waals surface area contributed by atoms with Crippen LogP contribution in [0.1, 0.15) is 17.3 Å². The fourth-order valence-corrected chi connectivity index (χ4v) is 2.16. The van der Waals surface area contributed by atoms with Gasteiger partial charge in [-0.25, -0.2) is 4.39 Å². The van der Waals surface area contributed by atoms with E-state index in [-0.39, 0.29) is 17.5 Å². The van der Waals surface area contributed by atoms with E-state index in [1.807, 2.05) is 0 Å². The molecule has 2 rings (SSSR count). The molecule has 1 amide bonds. The Morgan fingerprint density at radius 2 is 1.71 bits per heavy atom. The first-order valence-corrected chi connectivity index (χ1v) is 6.36. The Hall–Kier alpha value is -2.11. The van der Waals surface area contributed by atoms with Gasteiger partial charge in [0.15, 0.2) is 0 Å². The van der Waals surface area contributed by atoms with Crippen molar-refractivity contribution in [3.8, 4) is 0 Å². The predicted molar refractivity (Wildman–Crippen MR) is 71.5 cm³/mol. The normalized spacial score (nSPS) is 11.7. The van der Waals surface area contributed by atoms with Crippen molar-refractivity contribution in [3.63, 3.8) is 0 Å². The van der Waals surface area contributed by atoms with E-state index in [9.17, 15) is 22.4 Å². The lowest BCUT2D eigenvalue weighted by atomic mass is 10.0. The van der Waals surface area contributed by atoms with Crippen molar-refractivity contribution in [2.45, 2.75) is 13.1 Å². The fraction of sp³-hybridized carbons (Fsp3) is 0.267. The molecular formula is C15H13F4NO. The lowest BCUT2D eigenvalue weighted by Crippen LogP contribution is -2.38. The van der Waals surface area contributed by atoms with E-state index >= 15 is 0 Å². The van der Waals surface area contributed by atoms with Crippen LogP contribution < -0.4 is 0 Å². The third-order valence-electron chi connectivity index (χ3n) is 3.14. The third kappa shape index (κ3) is 3.32. The number of benzene rings is 2. The molecule has 0 aliphatic heterocycles. The molecule has 0 heterocycles.